The van der Waals surface area contributed by atoms with Crippen LogP contribution in [0.25, 0.3) is 0 Å². The molecule has 3 heteroatoms. The highest BCUT2D eigenvalue weighted by molar-refractivity contribution is 5.79. The van der Waals surface area contributed by atoms with Crippen molar-refractivity contribution in [1.29, 1.82) is 0 Å². The number of benzene rings is 1. The van der Waals surface area contributed by atoms with Crippen LogP contribution in [0.5, 0.6) is 0 Å². The number of carbonyl (C=O) groups is 1. The van der Waals surface area contributed by atoms with Crippen molar-refractivity contribution in [3.8, 4) is 0 Å². The van der Waals surface area contributed by atoms with E-state index in [-0.39, 0.29) is 12.0 Å². The Kier molecular flexibility index (Phi) is 4.06. The molecule has 0 spiro atoms. The third-order valence-corrected chi connectivity index (χ3v) is 4.90. The fraction of sp³-hybridized carbons (Fsp3) is 0.588. The third kappa shape index (κ3) is 2.88. The molecule has 3 nitrogen and oxygen atoms in total. The number of nitrogens with zero attached hydrogens (tertiary/aromatic N) is 1. The molecule has 108 valence electrons. The van der Waals surface area contributed by atoms with Crippen molar-refractivity contribution in [2.45, 2.75) is 44.1 Å². The summed E-state index contributed by atoms with van der Waals surface area (Å²) in [5, 5.41) is 0. The third-order valence-electron chi connectivity index (χ3n) is 4.90. The van der Waals surface area contributed by atoms with E-state index < -0.39 is 0 Å². The Labute approximate surface area is 121 Å². The van der Waals surface area contributed by atoms with E-state index >= 15 is 0 Å². The molecular formula is C17H24N2O. The molecule has 0 aromatic heterocycles. The lowest BCUT2D eigenvalue weighted by molar-refractivity contribution is -0.136. The lowest BCUT2D eigenvalue weighted by Crippen LogP contribution is -2.41. The lowest BCUT2D eigenvalue weighted by atomic mass is 9.89. The summed E-state index contributed by atoms with van der Waals surface area (Å²) in [5.41, 5.74) is 7.34. The zero-order chi connectivity index (χ0) is 13.9. The molecule has 2 unspecified atom stereocenters. The van der Waals surface area contributed by atoms with Crippen molar-refractivity contribution >= 4 is 5.91 Å². The van der Waals surface area contributed by atoms with E-state index in [0.29, 0.717) is 11.8 Å². The molecule has 1 heterocycles. The van der Waals surface area contributed by atoms with Gasteiger partial charge in [-0.15, -0.1) is 0 Å². The predicted octanol–water partition coefficient (Wildman–Crippen LogP) is 2.52. The maximum Gasteiger partial charge on any atom is 0.225 e. The minimum Gasteiger partial charge on any atom is -0.342 e. The Bertz CT molecular complexity index is 451. The van der Waals surface area contributed by atoms with Crippen molar-refractivity contribution < 1.29 is 4.79 Å². The van der Waals surface area contributed by atoms with Gasteiger partial charge in [0.1, 0.15) is 0 Å². The normalized spacial score (nSPS) is 27.8. The number of carbonyl (C=O) groups excluding carboxylic acids is 1. The van der Waals surface area contributed by atoms with E-state index in [1.54, 1.807) is 0 Å². The maximum absolute atomic E-state index is 12.5. The minimum absolute atomic E-state index is 0.193. The Balaban J connectivity index is 1.55. The summed E-state index contributed by atoms with van der Waals surface area (Å²) in [6.45, 7) is 1.81. The molecule has 2 fully saturated rings. The van der Waals surface area contributed by atoms with Crippen molar-refractivity contribution in [3.63, 3.8) is 0 Å². The lowest BCUT2D eigenvalue weighted by Gasteiger charge is -2.33. The average Bonchev–Trinajstić information content (AvgIpc) is 2.94. The predicted molar refractivity (Wildman–Crippen MR) is 80.3 cm³/mol. The largest absolute Gasteiger partial charge is 0.342 e. The van der Waals surface area contributed by atoms with Crippen molar-refractivity contribution in [2.75, 3.05) is 13.1 Å². The van der Waals surface area contributed by atoms with Gasteiger partial charge in [0.25, 0.3) is 0 Å². The van der Waals surface area contributed by atoms with E-state index in [9.17, 15) is 4.79 Å². The first-order valence-corrected chi connectivity index (χ1v) is 7.83. The number of hydrogen-bond acceptors (Lipinski definition) is 2. The van der Waals surface area contributed by atoms with Crippen molar-refractivity contribution in [1.82, 2.24) is 4.90 Å². The highest BCUT2D eigenvalue weighted by Crippen LogP contribution is 2.31. The highest BCUT2D eigenvalue weighted by Gasteiger charge is 2.32. The second-order valence-corrected chi connectivity index (χ2v) is 6.28. The fourth-order valence-electron chi connectivity index (χ4n) is 3.66. The zero-order valence-electron chi connectivity index (χ0n) is 12.0. The number of rotatable bonds is 2. The first kappa shape index (κ1) is 13.6. The van der Waals surface area contributed by atoms with E-state index in [1.165, 1.54) is 5.56 Å². The summed E-state index contributed by atoms with van der Waals surface area (Å²) in [5.74, 6) is 1.16. The molecule has 0 radical (unpaired) electrons. The molecule has 20 heavy (non-hydrogen) atoms. The minimum atomic E-state index is 0.193. The Morgan fingerprint density at radius 1 is 1.05 bits per heavy atom. The number of hydrogen-bond donors (Lipinski definition) is 1. The van der Waals surface area contributed by atoms with Crippen LogP contribution in [0.2, 0.25) is 0 Å². The summed E-state index contributed by atoms with van der Waals surface area (Å²) in [7, 11) is 0. The van der Waals surface area contributed by atoms with Gasteiger partial charge in [0.05, 0.1) is 0 Å². The second kappa shape index (κ2) is 5.96. The fourth-order valence-corrected chi connectivity index (χ4v) is 3.66. The van der Waals surface area contributed by atoms with Crippen molar-refractivity contribution in [3.05, 3.63) is 35.9 Å². The molecular weight excluding hydrogens is 248 g/mol. The molecule has 2 N–H and O–H groups in total. The van der Waals surface area contributed by atoms with Gasteiger partial charge in [0.15, 0.2) is 0 Å². The SMILES string of the molecule is NC1CCC(C(=O)N2CCC(c3ccccc3)CC2)C1. The molecule has 1 aromatic rings. The quantitative estimate of drug-likeness (QED) is 0.899. The van der Waals surface area contributed by atoms with Crippen molar-refractivity contribution in [2.24, 2.45) is 11.7 Å². The topological polar surface area (TPSA) is 46.3 Å². The van der Waals surface area contributed by atoms with Gasteiger partial charge in [-0.3, -0.25) is 4.79 Å². The molecule has 0 bridgehead atoms. The van der Waals surface area contributed by atoms with E-state index in [1.807, 2.05) is 0 Å². The zero-order valence-corrected chi connectivity index (χ0v) is 12.0. The number of amides is 1. The summed E-state index contributed by atoms with van der Waals surface area (Å²) < 4.78 is 0. The van der Waals surface area contributed by atoms with Gasteiger partial charge in [-0.25, -0.2) is 0 Å². The molecule has 3 rings (SSSR count). The molecule has 2 atom stereocenters. The van der Waals surface area contributed by atoms with Crippen LogP contribution in [0, 0.1) is 5.92 Å². The number of piperidine rings is 1. The highest BCUT2D eigenvalue weighted by atomic mass is 16.2. The standard InChI is InChI=1S/C17H24N2O/c18-16-7-6-15(12-16)17(20)19-10-8-14(9-11-19)13-4-2-1-3-5-13/h1-5,14-16H,6-12,18H2. The molecule has 2 aliphatic rings. The van der Waals surface area contributed by atoms with Crippen LogP contribution in [0.4, 0.5) is 0 Å². The van der Waals surface area contributed by atoms with Crippen LogP contribution in [0.15, 0.2) is 30.3 Å². The first-order valence-electron chi connectivity index (χ1n) is 7.83. The van der Waals surface area contributed by atoms with Crippen LogP contribution in [0.1, 0.15) is 43.6 Å². The first-order chi connectivity index (χ1) is 9.74. The smallest absolute Gasteiger partial charge is 0.225 e. The van der Waals surface area contributed by atoms with Gasteiger partial charge in [0.2, 0.25) is 5.91 Å². The number of likely N-dealkylation sites (tertiary alicyclic amines) is 1. The molecule has 1 amide bonds. The molecule has 1 aliphatic heterocycles. The second-order valence-electron chi connectivity index (χ2n) is 6.28. The summed E-state index contributed by atoms with van der Waals surface area (Å²) in [4.78, 5) is 14.5. The van der Waals surface area contributed by atoms with Gasteiger partial charge >= 0.3 is 0 Å². The van der Waals surface area contributed by atoms with Gasteiger partial charge in [-0.05, 0) is 43.6 Å². The summed E-state index contributed by atoms with van der Waals surface area (Å²) >= 11 is 0. The average molecular weight is 272 g/mol. The summed E-state index contributed by atoms with van der Waals surface area (Å²) in [6, 6.07) is 10.9. The monoisotopic (exact) mass is 272 g/mol. The van der Waals surface area contributed by atoms with Crippen LogP contribution < -0.4 is 5.73 Å². The van der Waals surface area contributed by atoms with E-state index in [4.69, 9.17) is 5.73 Å². The maximum atomic E-state index is 12.5. The Morgan fingerprint density at radius 2 is 1.75 bits per heavy atom. The van der Waals surface area contributed by atoms with Gasteiger partial charge < -0.3 is 10.6 Å². The van der Waals surface area contributed by atoms with Crippen LogP contribution in [-0.4, -0.2) is 29.9 Å². The Morgan fingerprint density at radius 3 is 2.35 bits per heavy atom. The molecule has 1 saturated heterocycles. The van der Waals surface area contributed by atoms with Crippen LogP contribution in [-0.2, 0) is 4.79 Å². The van der Waals surface area contributed by atoms with Gasteiger partial charge in [0, 0.05) is 25.0 Å². The van der Waals surface area contributed by atoms with E-state index in [0.717, 1.165) is 45.2 Å². The molecule has 1 aromatic carbocycles. The number of nitrogens with two attached hydrogens (primary N) is 1. The Hall–Kier alpha value is -1.35. The molecule has 1 saturated carbocycles. The van der Waals surface area contributed by atoms with Gasteiger partial charge in [-0.1, -0.05) is 30.3 Å². The molecule has 1 aliphatic carbocycles. The van der Waals surface area contributed by atoms with E-state index in [2.05, 4.69) is 35.2 Å². The van der Waals surface area contributed by atoms with Crippen LogP contribution >= 0.6 is 0 Å². The van der Waals surface area contributed by atoms with Crippen LogP contribution in [0.3, 0.4) is 0 Å². The summed E-state index contributed by atoms with van der Waals surface area (Å²) in [6.07, 6.45) is 5.07. The van der Waals surface area contributed by atoms with Gasteiger partial charge in [-0.2, -0.15) is 0 Å².